The predicted molar refractivity (Wildman–Crippen MR) is 197 cm³/mol. The van der Waals surface area contributed by atoms with Crippen molar-refractivity contribution in [2.24, 2.45) is 17.8 Å². The lowest BCUT2D eigenvalue weighted by molar-refractivity contribution is -0.154. The summed E-state index contributed by atoms with van der Waals surface area (Å²) in [5.74, 6) is -2.50. The van der Waals surface area contributed by atoms with Crippen molar-refractivity contribution >= 4 is 52.9 Å². The molecule has 1 aromatic heterocycles. The fraction of sp³-hybridized carbons (Fsp3) is 0.486. The van der Waals surface area contributed by atoms with Gasteiger partial charge in [-0.3, -0.25) is 14.4 Å². The van der Waals surface area contributed by atoms with Crippen LogP contribution in [0.4, 0.5) is 30.8 Å². The average molecular weight is 789 g/mol. The summed E-state index contributed by atoms with van der Waals surface area (Å²) >= 11 is 6.03. The van der Waals surface area contributed by atoms with Gasteiger partial charge in [0.2, 0.25) is 11.9 Å². The number of carbonyl (C=O) groups is 4. The molecule has 5 rings (SSSR count). The van der Waals surface area contributed by atoms with Crippen LogP contribution in [0.5, 0.6) is 6.01 Å². The van der Waals surface area contributed by atoms with Crippen molar-refractivity contribution in [3.05, 3.63) is 64.7 Å². The maximum atomic E-state index is 13.1. The second-order valence-electron chi connectivity index (χ2n) is 14.3. The van der Waals surface area contributed by atoms with Crippen molar-refractivity contribution in [1.29, 1.82) is 0 Å². The number of esters is 1. The summed E-state index contributed by atoms with van der Waals surface area (Å²) in [7, 11) is 1.12. The highest BCUT2D eigenvalue weighted by Gasteiger charge is 2.45. The molecule has 2 fully saturated rings. The molecule has 0 aliphatic heterocycles. The minimum Gasteiger partial charge on any atom is -0.467 e. The highest BCUT2D eigenvalue weighted by Crippen LogP contribution is 2.48. The predicted octanol–water partition coefficient (Wildman–Crippen LogP) is 5.28. The minimum atomic E-state index is -4.64. The van der Waals surface area contributed by atoms with Gasteiger partial charge in [0.05, 0.1) is 12.6 Å². The molecule has 2 aliphatic rings. The standard InChI is InChI=1S/C37H44ClF3N8O6/c1-20(2)26-14-5-21(3)17-27(26)44-31(52)30(51)42-18-28(32(53)54-4)45-29(50)22-6-12-25(13-7-22)43-33-46-34(48-35(47-33)55-19-37(39,40)41)49-36(15-16-36)23-8-10-24(38)11-9-23/h6-13,20-21,26-28H,5,14-19H2,1-4H3,(H,42,51)(H,44,52)(H,45,50)(H2,43,46,47,48,49)/t21-,26+,27+,28+/m1/s1. The number of amides is 3. The highest BCUT2D eigenvalue weighted by molar-refractivity contribution is 6.35. The van der Waals surface area contributed by atoms with Crippen molar-refractivity contribution in [2.75, 3.05) is 30.9 Å². The van der Waals surface area contributed by atoms with Gasteiger partial charge < -0.3 is 36.1 Å². The molecular formula is C37H44ClF3N8O6. The molecule has 5 N–H and O–H groups in total. The Balaban J connectivity index is 1.22. The van der Waals surface area contributed by atoms with Crippen LogP contribution in [-0.4, -0.2) is 77.2 Å². The maximum Gasteiger partial charge on any atom is 0.422 e. The van der Waals surface area contributed by atoms with Gasteiger partial charge in [-0.15, -0.1) is 0 Å². The van der Waals surface area contributed by atoms with Crippen LogP contribution in [0.1, 0.15) is 68.8 Å². The zero-order chi connectivity index (χ0) is 39.9. The molecule has 2 aromatic carbocycles. The second kappa shape index (κ2) is 17.5. The van der Waals surface area contributed by atoms with Crippen LogP contribution in [0.3, 0.4) is 0 Å². The third kappa shape index (κ3) is 11.4. The molecule has 0 radical (unpaired) electrons. The van der Waals surface area contributed by atoms with Gasteiger partial charge in [0.15, 0.2) is 6.61 Å². The van der Waals surface area contributed by atoms with Crippen LogP contribution >= 0.6 is 11.6 Å². The van der Waals surface area contributed by atoms with Crippen molar-refractivity contribution in [3.8, 4) is 6.01 Å². The number of benzene rings is 2. The quantitative estimate of drug-likeness (QED) is 0.106. The summed E-state index contributed by atoms with van der Waals surface area (Å²) in [4.78, 5) is 63.5. The summed E-state index contributed by atoms with van der Waals surface area (Å²) in [6.45, 7) is 4.24. The molecule has 3 amide bonds. The zero-order valence-electron chi connectivity index (χ0n) is 30.8. The lowest BCUT2D eigenvalue weighted by Crippen LogP contribution is -2.53. The number of alkyl halides is 3. The normalized spacial score (nSPS) is 19.4. The van der Waals surface area contributed by atoms with Crippen LogP contribution in [0.25, 0.3) is 0 Å². The molecule has 3 aromatic rings. The highest BCUT2D eigenvalue weighted by atomic mass is 35.5. The Morgan fingerprint density at radius 2 is 1.62 bits per heavy atom. The van der Waals surface area contributed by atoms with Crippen LogP contribution < -0.4 is 31.3 Å². The Kier molecular flexibility index (Phi) is 13.1. The SMILES string of the molecule is COC(=O)[C@H](CNC(=O)C(=O)N[C@H]1C[C@H](C)CC[C@H]1C(C)C)NC(=O)c1ccc(Nc2nc(NC3(c4ccc(Cl)cc4)CC3)nc(OCC(F)(F)F)n2)cc1. The molecule has 14 nitrogen and oxygen atoms in total. The van der Waals surface area contributed by atoms with Gasteiger partial charge in [-0.1, -0.05) is 50.9 Å². The summed E-state index contributed by atoms with van der Waals surface area (Å²) in [5, 5.41) is 14.4. The Morgan fingerprint density at radius 3 is 2.24 bits per heavy atom. The van der Waals surface area contributed by atoms with Gasteiger partial charge in [0.25, 0.3) is 5.91 Å². The van der Waals surface area contributed by atoms with E-state index in [1.54, 1.807) is 12.1 Å². The zero-order valence-corrected chi connectivity index (χ0v) is 31.5. The van der Waals surface area contributed by atoms with Gasteiger partial charge in [0, 0.05) is 28.9 Å². The first kappa shape index (κ1) is 41.0. The first-order chi connectivity index (χ1) is 26.0. The molecule has 0 bridgehead atoms. The molecule has 18 heteroatoms. The number of nitrogens with zero attached hydrogens (tertiary/aromatic N) is 3. The number of hydrogen-bond donors (Lipinski definition) is 5. The number of anilines is 3. The molecule has 296 valence electrons. The number of carbonyl (C=O) groups excluding carboxylic acids is 4. The second-order valence-corrected chi connectivity index (χ2v) is 14.7. The lowest BCUT2D eigenvalue weighted by Gasteiger charge is -2.37. The fourth-order valence-electron chi connectivity index (χ4n) is 6.56. The van der Waals surface area contributed by atoms with Gasteiger partial charge in [-0.25, -0.2) is 4.79 Å². The number of ether oxygens (including phenoxy) is 2. The fourth-order valence-corrected chi connectivity index (χ4v) is 6.69. The molecule has 4 atom stereocenters. The first-order valence-electron chi connectivity index (χ1n) is 17.9. The number of methoxy groups -OCH3 is 1. The number of halogens is 4. The van der Waals surface area contributed by atoms with E-state index >= 15 is 0 Å². The van der Waals surface area contributed by atoms with E-state index in [1.807, 2.05) is 12.1 Å². The smallest absolute Gasteiger partial charge is 0.422 e. The van der Waals surface area contributed by atoms with Crippen LogP contribution in [0.2, 0.25) is 5.02 Å². The number of aromatic nitrogens is 3. The third-order valence-corrected chi connectivity index (χ3v) is 9.94. The lowest BCUT2D eigenvalue weighted by atomic mass is 9.74. The summed E-state index contributed by atoms with van der Waals surface area (Å²) in [6, 6.07) is 10.9. The van der Waals surface area contributed by atoms with Crippen LogP contribution in [0, 0.1) is 17.8 Å². The first-order valence-corrected chi connectivity index (χ1v) is 18.3. The Labute approximate surface area is 321 Å². The Bertz CT molecular complexity index is 1840. The molecule has 0 saturated heterocycles. The Morgan fingerprint density at radius 1 is 0.945 bits per heavy atom. The number of nitrogens with one attached hydrogen (secondary N) is 5. The molecule has 2 aliphatic carbocycles. The van der Waals surface area contributed by atoms with Crippen molar-refractivity contribution in [2.45, 2.75) is 76.7 Å². The molecule has 0 unspecified atom stereocenters. The van der Waals surface area contributed by atoms with Gasteiger partial charge >= 0.3 is 30.0 Å². The number of hydrogen-bond acceptors (Lipinski definition) is 11. The average Bonchev–Trinajstić information content (AvgIpc) is 3.92. The molecule has 0 spiro atoms. The molecular weight excluding hydrogens is 745 g/mol. The minimum absolute atomic E-state index is 0.0279. The Hall–Kier alpha value is -5.19. The van der Waals surface area contributed by atoms with Crippen molar-refractivity contribution < 1.29 is 41.8 Å². The van der Waals surface area contributed by atoms with E-state index in [-0.39, 0.29) is 29.4 Å². The van der Waals surface area contributed by atoms with Crippen LogP contribution in [0.15, 0.2) is 48.5 Å². The summed E-state index contributed by atoms with van der Waals surface area (Å²) in [6.07, 6.45) is -0.457. The summed E-state index contributed by atoms with van der Waals surface area (Å²) < 4.78 is 48.6. The van der Waals surface area contributed by atoms with E-state index in [9.17, 15) is 32.3 Å². The van der Waals surface area contributed by atoms with E-state index in [0.717, 1.165) is 31.9 Å². The van der Waals surface area contributed by atoms with Gasteiger partial charge in [0.1, 0.15) is 6.04 Å². The number of rotatable bonds is 14. The monoisotopic (exact) mass is 788 g/mol. The van der Waals surface area contributed by atoms with Crippen LogP contribution in [-0.2, 0) is 24.7 Å². The topological polar surface area (TPSA) is 186 Å². The molecule has 55 heavy (non-hydrogen) atoms. The van der Waals surface area contributed by atoms with E-state index in [0.29, 0.717) is 35.4 Å². The van der Waals surface area contributed by atoms with Gasteiger partial charge in [-0.05, 0) is 85.4 Å². The van der Waals surface area contributed by atoms with E-state index < -0.39 is 60.6 Å². The summed E-state index contributed by atoms with van der Waals surface area (Å²) in [5.41, 5.74) is 0.802. The molecule has 1 heterocycles. The van der Waals surface area contributed by atoms with Crippen molar-refractivity contribution in [3.63, 3.8) is 0 Å². The van der Waals surface area contributed by atoms with Gasteiger partial charge in [-0.2, -0.15) is 28.1 Å². The van der Waals surface area contributed by atoms with E-state index in [2.05, 4.69) is 62.3 Å². The third-order valence-electron chi connectivity index (χ3n) is 9.68. The van der Waals surface area contributed by atoms with E-state index in [1.165, 1.54) is 24.3 Å². The largest absolute Gasteiger partial charge is 0.467 e. The maximum absolute atomic E-state index is 13.1. The molecule has 2 saturated carbocycles. The van der Waals surface area contributed by atoms with E-state index in [4.69, 9.17) is 21.1 Å². The van der Waals surface area contributed by atoms with Crippen molar-refractivity contribution in [1.82, 2.24) is 30.9 Å².